The molecule has 2 aromatic carbocycles. The SMILES string of the molecule is COC(=O)C1CC(c2ccccc2)CN(c2cccc(OC(C)(C)C(=O)N3CCNCC3)c2)C1. The lowest BCUT2D eigenvalue weighted by atomic mass is 9.84. The fourth-order valence-electron chi connectivity index (χ4n) is 4.94. The van der Waals surface area contributed by atoms with Crippen LogP contribution in [0.1, 0.15) is 31.7 Å². The average molecular weight is 466 g/mol. The number of methoxy groups -OCH3 is 1. The van der Waals surface area contributed by atoms with E-state index in [1.807, 2.05) is 61.2 Å². The third kappa shape index (κ3) is 5.53. The summed E-state index contributed by atoms with van der Waals surface area (Å²) in [6.45, 7) is 8.01. The highest BCUT2D eigenvalue weighted by Crippen LogP contribution is 2.35. The maximum Gasteiger partial charge on any atom is 0.310 e. The van der Waals surface area contributed by atoms with Gasteiger partial charge in [-0.1, -0.05) is 36.4 Å². The van der Waals surface area contributed by atoms with Gasteiger partial charge in [0.1, 0.15) is 5.75 Å². The number of anilines is 1. The highest BCUT2D eigenvalue weighted by molar-refractivity contribution is 5.85. The Kier molecular flexibility index (Phi) is 7.41. The molecule has 2 atom stereocenters. The molecule has 2 saturated heterocycles. The van der Waals surface area contributed by atoms with Crippen LogP contribution in [0.15, 0.2) is 54.6 Å². The molecule has 0 spiro atoms. The van der Waals surface area contributed by atoms with Crippen molar-refractivity contribution in [3.63, 3.8) is 0 Å². The van der Waals surface area contributed by atoms with Crippen molar-refractivity contribution in [2.75, 3.05) is 51.3 Å². The van der Waals surface area contributed by atoms with Crippen molar-refractivity contribution >= 4 is 17.6 Å². The molecule has 2 aliphatic rings. The molecule has 2 fully saturated rings. The summed E-state index contributed by atoms with van der Waals surface area (Å²) >= 11 is 0. The molecule has 0 aliphatic carbocycles. The fourth-order valence-corrected chi connectivity index (χ4v) is 4.94. The maximum atomic E-state index is 13.1. The first-order valence-corrected chi connectivity index (χ1v) is 12.0. The van der Waals surface area contributed by atoms with E-state index in [9.17, 15) is 9.59 Å². The van der Waals surface area contributed by atoms with Crippen LogP contribution in [0.3, 0.4) is 0 Å². The van der Waals surface area contributed by atoms with Crippen molar-refractivity contribution in [3.05, 3.63) is 60.2 Å². The van der Waals surface area contributed by atoms with E-state index < -0.39 is 5.60 Å². The molecule has 2 unspecified atom stereocenters. The van der Waals surface area contributed by atoms with Crippen molar-refractivity contribution < 1.29 is 19.1 Å². The number of amides is 1. The predicted octanol–water partition coefficient (Wildman–Crippen LogP) is 3.06. The van der Waals surface area contributed by atoms with Gasteiger partial charge in [0, 0.05) is 56.9 Å². The Morgan fingerprint density at radius 3 is 2.44 bits per heavy atom. The molecular formula is C27H35N3O4. The summed E-state index contributed by atoms with van der Waals surface area (Å²) in [4.78, 5) is 29.6. The lowest BCUT2D eigenvalue weighted by Gasteiger charge is -2.39. The number of nitrogens with zero attached hydrogens (tertiary/aromatic N) is 2. The molecule has 0 saturated carbocycles. The Hall–Kier alpha value is -3.06. The van der Waals surface area contributed by atoms with Crippen molar-refractivity contribution in [2.45, 2.75) is 31.8 Å². The van der Waals surface area contributed by atoms with Crippen LogP contribution in [0.4, 0.5) is 5.69 Å². The number of piperidine rings is 1. The van der Waals surface area contributed by atoms with Crippen molar-refractivity contribution in [1.82, 2.24) is 10.2 Å². The van der Waals surface area contributed by atoms with Crippen molar-refractivity contribution in [3.8, 4) is 5.75 Å². The molecule has 2 aliphatic heterocycles. The zero-order valence-electron chi connectivity index (χ0n) is 20.3. The van der Waals surface area contributed by atoms with Crippen LogP contribution >= 0.6 is 0 Å². The summed E-state index contributed by atoms with van der Waals surface area (Å²) < 4.78 is 11.3. The predicted molar refractivity (Wildman–Crippen MR) is 132 cm³/mol. The smallest absolute Gasteiger partial charge is 0.310 e. The molecule has 4 rings (SSSR count). The highest BCUT2D eigenvalue weighted by Gasteiger charge is 2.36. The van der Waals surface area contributed by atoms with Gasteiger partial charge in [-0.15, -0.1) is 0 Å². The van der Waals surface area contributed by atoms with E-state index in [4.69, 9.17) is 9.47 Å². The number of carbonyl (C=O) groups is 2. The van der Waals surface area contributed by atoms with Gasteiger partial charge in [-0.3, -0.25) is 9.59 Å². The number of rotatable bonds is 6. The number of ether oxygens (including phenoxy) is 2. The topological polar surface area (TPSA) is 71.1 Å². The molecule has 2 aromatic rings. The minimum Gasteiger partial charge on any atom is -0.478 e. The molecule has 34 heavy (non-hydrogen) atoms. The van der Waals surface area contributed by atoms with Gasteiger partial charge < -0.3 is 24.6 Å². The zero-order valence-corrected chi connectivity index (χ0v) is 20.3. The number of nitrogens with one attached hydrogen (secondary N) is 1. The van der Waals surface area contributed by atoms with Gasteiger partial charge in [0.25, 0.3) is 5.91 Å². The lowest BCUT2D eigenvalue weighted by molar-refractivity contribution is -0.146. The highest BCUT2D eigenvalue weighted by atomic mass is 16.5. The first kappa shape index (κ1) is 24.1. The molecule has 7 nitrogen and oxygen atoms in total. The van der Waals surface area contributed by atoms with Gasteiger partial charge in [0.15, 0.2) is 5.60 Å². The molecular weight excluding hydrogens is 430 g/mol. The fraction of sp³-hybridized carbons (Fsp3) is 0.481. The molecule has 0 bridgehead atoms. The summed E-state index contributed by atoms with van der Waals surface area (Å²) in [7, 11) is 1.45. The molecule has 0 radical (unpaired) electrons. The number of esters is 1. The number of piperazine rings is 1. The Morgan fingerprint density at radius 1 is 1.00 bits per heavy atom. The summed E-state index contributed by atoms with van der Waals surface area (Å²) in [6.07, 6.45) is 0.760. The van der Waals surface area contributed by atoms with Gasteiger partial charge in [-0.2, -0.15) is 0 Å². The van der Waals surface area contributed by atoms with E-state index in [0.29, 0.717) is 25.4 Å². The number of carbonyl (C=O) groups excluding carboxylic acids is 2. The monoisotopic (exact) mass is 465 g/mol. The maximum absolute atomic E-state index is 13.1. The largest absolute Gasteiger partial charge is 0.478 e. The second kappa shape index (κ2) is 10.5. The van der Waals surface area contributed by atoms with Crippen molar-refractivity contribution in [2.24, 2.45) is 5.92 Å². The second-order valence-electron chi connectivity index (χ2n) is 9.62. The quantitative estimate of drug-likeness (QED) is 0.662. The number of hydrogen-bond donors (Lipinski definition) is 1. The molecule has 2 heterocycles. The van der Waals surface area contributed by atoms with E-state index >= 15 is 0 Å². The Bertz CT molecular complexity index is 988. The van der Waals surface area contributed by atoms with Gasteiger partial charge in [-0.05, 0) is 38.0 Å². The molecule has 182 valence electrons. The molecule has 1 N–H and O–H groups in total. The second-order valence-corrected chi connectivity index (χ2v) is 9.62. The summed E-state index contributed by atoms with van der Waals surface area (Å²) in [6, 6.07) is 18.1. The molecule has 7 heteroatoms. The minimum absolute atomic E-state index is 0.00716. The van der Waals surface area contributed by atoms with Crippen LogP contribution in [-0.4, -0.2) is 68.8 Å². The first-order valence-electron chi connectivity index (χ1n) is 12.0. The van der Waals surface area contributed by atoms with E-state index in [-0.39, 0.29) is 23.7 Å². The van der Waals surface area contributed by atoms with E-state index in [1.54, 1.807) is 0 Å². The number of benzene rings is 2. The first-order chi connectivity index (χ1) is 16.4. The van der Waals surface area contributed by atoms with Crippen LogP contribution in [0.5, 0.6) is 5.75 Å². The standard InChI is InChI=1S/C27H35N3O4/c1-27(2,26(32)29-14-12-28-13-15-29)34-24-11-7-10-23(17-24)30-18-21(20-8-5-4-6-9-20)16-22(19-30)25(31)33-3/h4-11,17,21-22,28H,12-16,18-19H2,1-3H3. The van der Waals surface area contributed by atoms with E-state index in [0.717, 1.165) is 31.7 Å². The summed E-state index contributed by atoms with van der Waals surface area (Å²) in [5, 5.41) is 3.27. The van der Waals surface area contributed by atoms with Crippen LogP contribution in [0, 0.1) is 5.92 Å². The average Bonchev–Trinajstić information content (AvgIpc) is 2.88. The normalized spacial score (nSPS) is 21.1. The van der Waals surface area contributed by atoms with E-state index in [1.165, 1.54) is 12.7 Å². The zero-order chi connectivity index (χ0) is 24.1. The molecule has 1 amide bonds. The third-order valence-corrected chi connectivity index (χ3v) is 6.73. The van der Waals surface area contributed by atoms with Crippen LogP contribution < -0.4 is 15.0 Å². The van der Waals surface area contributed by atoms with Gasteiger partial charge >= 0.3 is 5.97 Å². The van der Waals surface area contributed by atoms with Gasteiger partial charge in [-0.25, -0.2) is 0 Å². The Labute approximate surface area is 202 Å². The van der Waals surface area contributed by atoms with Crippen molar-refractivity contribution in [1.29, 1.82) is 0 Å². The molecule has 0 aromatic heterocycles. The van der Waals surface area contributed by atoms with E-state index in [2.05, 4.69) is 22.3 Å². The Balaban J connectivity index is 1.53. The van der Waals surface area contributed by atoms with Crippen LogP contribution in [-0.2, 0) is 14.3 Å². The minimum atomic E-state index is -0.973. The third-order valence-electron chi connectivity index (χ3n) is 6.73. The van der Waals surface area contributed by atoms with Gasteiger partial charge in [0.05, 0.1) is 13.0 Å². The summed E-state index contributed by atoms with van der Waals surface area (Å²) in [5.74, 6) is 0.462. The summed E-state index contributed by atoms with van der Waals surface area (Å²) in [5.41, 5.74) is 1.22. The van der Waals surface area contributed by atoms with Gasteiger partial charge in [0.2, 0.25) is 0 Å². The van der Waals surface area contributed by atoms with Crippen LogP contribution in [0.25, 0.3) is 0 Å². The lowest BCUT2D eigenvalue weighted by Crippen LogP contribution is -2.54. The Morgan fingerprint density at radius 2 is 1.74 bits per heavy atom. The van der Waals surface area contributed by atoms with Crippen LogP contribution in [0.2, 0.25) is 0 Å². The number of hydrogen-bond acceptors (Lipinski definition) is 6.